The molecule has 2 aromatic rings. The molecule has 0 spiro atoms. The molecule has 0 unspecified atom stereocenters. The molecule has 1 aromatic heterocycles. The van der Waals surface area contributed by atoms with Crippen molar-refractivity contribution in [2.75, 3.05) is 26.2 Å². The second kappa shape index (κ2) is 7.14. The molecule has 2 atom stereocenters. The molecular formula is C20H25N3O5S. The van der Waals surface area contributed by atoms with Gasteiger partial charge in [0.25, 0.3) is 5.91 Å². The van der Waals surface area contributed by atoms with Gasteiger partial charge in [-0.3, -0.25) is 4.79 Å². The number of piperazine rings is 1. The highest BCUT2D eigenvalue weighted by Gasteiger charge is 2.36. The average molecular weight is 420 g/mol. The van der Waals surface area contributed by atoms with Gasteiger partial charge in [-0.05, 0) is 26.8 Å². The summed E-state index contributed by atoms with van der Waals surface area (Å²) >= 11 is 0. The molecule has 1 amide bonds. The molecule has 9 heteroatoms. The highest BCUT2D eigenvalue weighted by atomic mass is 32.2. The van der Waals surface area contributed by atoms with E-state index in [1.807, 2.05) is 19.1 Å². The smallest absolute Gasteiger partial charge is 0.257 e. The number of aromatic nitrogens is 1. The van der Waals surface area contributed by atoms with Crippen molar-refractivity contribution in [3.63, 3.8) is 0 Å². The largest absolute Gasteiger partial charge is 0.489 e. The lowest BCUT2D eigenvalue weighted by molar-refractivity contribution is 0.0692. The standard InChI is InChI=1S/C20H25N3O5S/c1-12-14(3)27-18-16(12)6-5-7-17(18)20(24)22-8-10-23(11-9-22)29(25,26)19-13(2)21-28-15(19)4/h5-7,12,14H,8-11H2,1-4H3/t12-,14-/m1/s1. The third kappa shape index (κ3) is 3.22. The minimum absolute atomic E-state index is 0.0241. The normalized spacial score (nSPS) is 22.4. The molecule has 2 aliphatic heterocycles. The van der Waals surface area contributed by atoms with Crippen molar-refractivity contribution in [1.29, 1.82) is 0 Å². The van der Waals surface area contributed by atoms with Gasteiger partial charge in [-0.25, -0.2) is 8.42 Å². The number of aryl methyl sites for hydroxylation is 2. The Labute approximate surface area is 170 Å². The molecule has 2 aliphatic rings. The number of nitrogens with zero attached hydrogens (tertiary/aromatic N) is 3. The Morgan fingerprint density at radius 1 is 1.14 bits per heavy atom. The number of hydrogen-bond donors (Lipinski definition) is 0. The van der Waals surface area contributed by atoms with E-state index in [0.717, 1.165) is 5.56 Å². The molecule has 3 heterocycles. The van der Waals surface area contributed by atoms with Crippen LogP contribution < -0.4 is 4.74 Å². The van der Waals surface area contributed by atoms with Gasteiger partial charge < -0.3 is 14.2 Å². The summed E-state index contributed by atoms with van der Waals surface area (Å²) in [6.45, 7) is 8.36. The third-order valence-corrected chi connectivity index (χ3v) is 8.01. The van der Waals surface area contributed by atoms with Gasteiger partial charge in [0.05, 0.1) is 5.56 Å². The average Bonchev–Trinajstić information content (AvgIpc) is 3.20. The highest BCUT2D eigenvalue weighted by Crippen LogP contribution is 2.40. The van der Waals surface area contributed by atoms with E-state index in [9.17, 15) is 13.2 Å². The Morgan fingerprint density at radius 3 is 2.45 bits per heavy atom. The lowest BCUT2D eigenvalue weighted by atomic mass is 9.96. The minimum Gasteiger partial charge on any atom is -0.489 e. The maximum Gasteiger partial charge on any atom is 0.257 e. The highest BCUT2D eigenvalue weighted by molar-refractivity contribution is 7.89. The second-order valence-electron chi connectivity index (χ2n) is 7.69. The van der Waals surface area contributed by atoms with Crippen molar-refractivity contribution in [2.45, 2.75) is 44.6 Å². The van der Waals surface area contributed by atoms with Crippen molar-refractivity contribution < 1.29 is 22.5 Å². The van der Waals surface area contributed by atoms with Gasteiger partial charge in [0.15, 0.2) is 5.76 Å². The second-order valence-corrected chi connectivity index (χ2v) is 9.56. The van der Waals surface area contributed by atoms with Crippen LogP contribution >= 0.6 is 0 Å². The monoisotopic (exact) mass is 419 g/mol. The summed E-state index contributed by atoms with van der Waals surface area (Å²) in [6.07, 6.45) is 0.0241. The predicted molar refractivity (Wildman–Crippen MR) is 106 cm³/mol. The summed E-state index contributed by atoms with van der Waals surface area (Å²) in [5.41, 5.74) is 1.94. The van der Waals surface area contributed by atoms with Crippen LogP contribution in [0, 0.1) is 13.8 Å². The third-order valence-electron chi connectivity index (χ3n) is 5.87. The van der Waals surface area contributed by atoms with Crippen molar-refractivity contribution in [3.05, 3.63) is 40.8 Å². The number of rotatable bonds is 3. The van der Waals surface area contributed by atoms with Crippen LogP contribution in [0.1, 0.15) is 47.1 Å². The summed E-state index contributed by atoms with van der Waals surface area (Å²) in [4.78, 5) is 14.9. The zero-order valence-electron chi connectivity index (χ0n) is 17.0. The first-order valence-electron chi connectivity index (χ1n) is 9.73. The fraction of sp³-hybridized carbons (Fsp3) is 0.500. The molecule has 1 saturated heterocycles. The van der Waals surface area contributed by atoms with Crippen LogP contribution in [-0.2, 0) is 10.0 Å². The van der Waals surface area contributed by atoms with Gasteiger partial charge in [-0.2, -0.15) is 4.31 Å². The number of hydrogen-bond acceptors (Lipinski definition) is 6. The van der Waals surface area contributed by atoms with Crippen LogP contribution in [-0.4, -0.2) is 61.0 Å². The molecule has 0 aliphatic carbocycles. The van der Waals surface area contributed by atoms with Crippen molar-refractivity contribution in [2.24, 2.45) is 0 Å². The molecule has 0 radical (unpaired) electrons. The molecule has 0 bridgehead atoms. The Hall–Kier alpha value is -2.39. The number of ether oxygens (including phenoxy) is 1. The molecule has 0 saturated carbocycles. The van der Waals surface area contributed by atoms with Gasteiger partial charge >= 0.3 is 0 Å². The Bertz CT molecular complexity index is 1030. The van der Waals surface area contributed by atoms with Crippen LogP contribution in [0.5, 0.6) is 5.75 Å². The van der Waals surface area contributed by atoms with Gasteiger partial charge in [0.1, 0.15) is 22.4 Å². The first-order chi connectivity index (χ1) is 13.7. The molecule has 29 heavy (non-hydrogen) atoms. The van der Waals surface area contributed by atoms with Gasteiger partial charge in [-0.1, -0.05) is 24.2 Å². The Kier molecular flexibility index (Phi) is 4.90. The van der Waals surface area contributed by atoms with E-state index >= 15 is 0 Å². The van der Waals surface area contributed by atoms with E-state index in [1.54, 1.807) is 24.8 Å². The van der Waals surface area contributed by atoms with Crippen LogP contribution in [0.15, 0.2) is 27.6 Å². The lowest BCUT2D eigenvalue weighted by Crippen LogP contribution is -2.50. The van der Waals surface area contributed by atoms with Crippen LogP contribution in [0.3, 0.4) is 0 Å². The number of carbonyl (C=O) groups excluding carboxylic acids is 1. The number of fused-ring (bicyclic) bond motifs is 1. The Morgan fingerprint density at radius 2 is 1.83 bits per heavy atom. The number of benzene rings is 1. The van der Waals surface area contributed by atoms with Gasteiger partial charge in [0.2, 0.25) is 10.0 Å². The quantitative estimate of drug-likeness (QED) is 0.758. The molecule has 8 nitrogen and oxygen atoms in total. The topological polar surface area (TPSA) is 93.0 Å². The first kappa shape index (κ1) is 19.9. The molecule has 4 rings (SSSR count). The molecule has 1 aromatic carbocycles. The van der Waals surface area contributed by atoms with Gasteiger partial charge in [-0.15, -0.1) is 0 Å². The fourth-order valence-corrected chi connectivity index (χ4v) is 5.74. The fourth-order valence-electron chi connectivity index (χ4n) is 4.03. The SMILES string of the molecule is Cc1noc(C)c1S(=O)(=O)N1CCN(C(=O)c2cccc3c2O[C@H](C)[C@H]3C)CC1. The van der Waals surface area contributed by atoms with E-state index in [2.05, 4.69) is 12.1 Å². The van der Waals surface area contributed by atoms with Crippen LogP contribution in [0.25, 0.3) is 0 Å². The molecule has 156 valence electrons. The number of para-hydroxylation sites is 1. The maximum absolute atomic E-state index is 13.1. The summed E-state index contributed by atoms with van der Waals surface area (Å²) in [7, 11) is -3.70. The summed E-state index contributed by atoms with van der Waals surface area (Å²) in [5.74, 6) is 1.04. The zero-order valence-corrected chi connectivity index (χ0v) is 17.8. The van der Waals surface area contributed by atoms with Crippen LogP contribution in [0.4, 0.5) is 0 Å². The number of sulfonamides is 1. The van der Waals surface area contributed by atoms with E-state index in [0.29, 0.717) is 30.1 Å². The van der Waals surface area contributed by atoms with Crippen molar-refractivity contribution >= 4 is 15.9 Å². The summed E-state index contributed by atoms with van der Waals surface area (Å²) in [5, 5.41) is 3.75. The van der Waals surface area contributed by atoms with E-state index < -0.39 is 10.0 Å². The zero-order chi connectivity index (χ0) is 20.9. The minimum atomic E-state index is -3.70. The van der Waals surface area contributed by atoms with Gasteiger partial charge in [0, 0.05) is 37.7 Å². The maximum atomic E-state index is 13.1. The van der Waals surface area contributed by atoms with E-state index in [-0.39, 0.29) is 41.7 Å². The number of amides is 1. The summed E-state index contributed by atoms with van der Waals surface area (Å²) in [6, 6.07) is 5.65. The molecule has 1 fully saturated rings. The van der Waals surface area contributed by atoms with E-state index in [1.165, 1.54) is 4.31 Å². The van der Waals surface area contributed by atoms with Crippen molar-refractivity contribution in [1.82, 2.24) is 14.4 Å². The lowest BCUT2D eigenvalue weighted by Gasteiger charge is -2.34. The molecule has 0 N–H and O–H groups in total. The number of carbonyl (C=O) groups is 1. The van der Waals surface area contributed by atoms with E-state index in [4.69, 9.17) is 9.26 Å². The van der Waals surface area contributed by atoms with Crippen LogP contribution in [0.2, 0.25) is 0 Å². The van der Waals surface area contributed by atoms with Crippen molar-refractivity contribution in [3.8, 4) is 5.75 Å². The Balaban J connectivity index is 1.51. The first-order valence-corrected chi connectivity index (χ1v) is 11.2. The summed E-state index contributed by atoms with van der Waals surface area (Å²) < 4.78 is 38.3. The predicted octanol–water partition coefficient (Wildman–Crippen LogP) is 2.32. The molecular weight excluding hydrogens is 394 g/mol.